The Morgan fingerprint density at radius 3 is 0.970 bits per heavy atom. The average molecular weight is 957 g/mol. The minimum absolute atomic E-state index is 0.183. The molecule has 0 bridgehead atoms. The van der Waals surface area contributed by atoms with Crippen LogP contribution in [0.25, 0.3) is 0 Å². The molecule has 5 atom stereocenters. The number of rotatable bonds is 9. The fourth-order valence-electron chi connectivity index (χ4n) is 8.36. The maximum Gasteiger partial charge on any atom is 0.469 e. The highest BCUT2D eigenvalue weighted by atomic mass is 31.2. The normalized spacial score (nSPS) is 27.1. The highest BCUT2D eigenvalue weighted by Crippen LogP contribution is 2.39. The van der Waals surface area contributed by atoms with Crippen molar-refractivity contribution in [2.45, 2.75) is 190 Å². The van der Waals surface area contributed by atoms with Crippen molar-refractivity contribution in [1.29, 1.82) is 10.5 Å². The molecular weight excluding hydrogens is 856 g/mol. The summed E-state index contributed by atoms with van der Waals surface area (Å²) < 4.78 is 14.8. The van der Waals surface area contributed by atoms with Crippen LogP contribution in [0, 0.1) is 46.3 Å². The van der Waals surface area contributed by atoms with Crippen LogP contribution in [0.2, 0.25) is 0 Å². The largest absolute Gasteiger partial charge is 0.469 e. The summed E-state index contributed by atoms with van der Waals surface area (Å²) in [7, 11) is -4.27. The fourth-order valence-corrected chi connectivity index (χ4v) is 8.88. The van der Waals surface area contributed by atoms with Gasteiger partial charge in [0.05, 0.1) is 42.3 Å². The van der Waals surface area contributed by atoms with Gasteiger partial charge < -0.3 is 40.4 Å². The number of likely N-dealkylation sites (tertiary alicyclic amines) is 7. The van der Waals surface area contributed by atoms with Crippen LogP contribution < -0.4 is 5.73 Å². The molecule has 7 fully saturated rings. The summed E-state index contributed by atoms with van der Waals surface area (Å²) in [4.78, 5) is 33.1. The van der Waals surface area contributed by atoms with Crippen LogP contribution in [0.5, 0.6) is 0 Å². The molecule has 0 unspecified atom stereocenters. The van der Waals surface area contributed by atoms with Gasteiger partial charge in [-0.1, -0.05) is 13.8 Å². The maximum absolute atomic E-state index is 10.4. The van der Waals surface area contributed by atoms with Crippen molar-refractivity contribution in [2.75, 3.05) is 91.6 Å². The number of nitrogens with zero attached hydrogens (tertiary/aromatic N) is 9. The summed E-state index contributed by atoms with van der Waals surface area (Å²) in [5.41, 5.74) is 5.72. The molecule has 66 heavy (non-hydrogen) atoms. The van der Waals surface area contributed by atoms with Crippen molar-refractivity contribution in [2.24, 2.45) is 29.4 Å². The number of phosphoric acid groups is 1. The molecule has 0 aromatic rings. The molecule has 7 saturated heterocycles. The second kappa shape index (κ2) is 31.1. The molecule has 7 aliphatic rings. The van der Waals surface area contributed by atoms with Crippen LogP contribution in [0.1, 0.15) is 124 Å². The second-order valence-corrected chi connectivity index (χ2v) is 23.1. The van der Waals surface area contributed by atoms with Gasteiger partial charge in [0.2, 0.25) is 0 Å². The third kappa shape index (κ3) is 24.5. The molecule has 0 saturated carbocycles. The Labute approximate surface area is 404 Å². The van der Waals surface area contributed by atoms with E-state index in [0.717, 1.165) is 49.6 Å². The molecular formula is C49H101N10O6P. The Morgan fingerprint density at radius 2 is 0.818 bits per heavy atom. The van der Waals surface area contributed by atoms with E-state index < -0.39 is 20.0 Å². The highest BCUT2D eigenvalue weighted by Gasteiger charge is 2.35. The van der Waals surface area contributed by atoms with E-state index in [1.54, 1.807) is 0 Å². The van der Waals surface area contributed by atoms with Gasteiger partial charge >= 0.3 is 7.82 Å². The topological polar surface area (TPSA) is 203 Å². The lowest BCUT2D eigenvalue weighted by molar-refractivity contribution is -0.0154. The summed E-state index contributed by atoms with van der Waals surface area (Å²) in [5.74, 6) is 1.55. The summed E-state index contributed by atoms with van der Waals surface area (Å²) >= 11 is 0. The first-order valence-electron chi connectivity index (χ1n) is 25.4. The van der Waals surface area contributed by atoms with E-state index in [2.05, 4.69) is 148 Å². The fraction of sp³-hybridized carbons (Fsp3) is 0.959. The first-order valence-corrected chi connectivity index (χ1v) is 26.9. The van der Waals surface area contributed by atoms with Gasteiger partial charge in [-0.05, 0) is 141 Å². The van der Waals surface area contributed by atoms with Gasteiger partial charge in [-0.15, -0.1) is 0 Å². The molecule has 7 aliphatic heterocycles. The zero-order valence-electron chi connectivity index (χ0n) is 44.6. The second-order valence-electron chi connectivity index (χ2n) is 21.9. The number of aliphatic hydroxyl groups is 2. The molecule has 7 heterocycles. The standard InChI is InChI=1S/2C8H14N2O.C7H16N2.2C7H15N.C6H14NO4P.C6H13N/c2*1-6(2)10-4-7(3-9)8(11)5-10;1-6(2)9-4-3-7(8)5-9;2*1-6(2)8-4-7(3)5-8;1-5(2)7-3-6(4-7)11-12(8,9)10;1-6(2)7-4-3-5-7/h2*6-8,11H,4-5H2,1-2H3;6-7H,3-5,8H2,1-2H3;2*6-7H,4-5H2,1-3H3;5-6H,3-4H2,1-2H3,(H2,8,9,10);6H,3-5H2,1-2H3/t2*7-,8+;7-;;;;/m100..../s1. The quantitative estimate of drug-likeness (QED) is 0.197. The number of nitrogens with two attached hydrogens (primary N) is 1. The highest BCUT2D eigenvalue weighted by molar-refractivity contribution is 7.46. The van der Waals surface area contributed by atoms with Gasteiger partial charge in [-0.3, -0.25) is 24.1 Å². The molecule has 0 radical (unpaired) electrons. The van der Waals surface area contributed by atoms with Crippen molar-refractivity contribution in [3.8, 4) is 12.1 Å². The average Bonchev–Trinajstić information content (AvgIpc) is 3.88. The number of phosphoric ester groups is 1. The molecule has 6 N–H and O–H groups in total. The third-order valence-corrected chi connectivity index (χ3v) is 14.1. The maximum atomic E-state index is 10.4. The predicted molar refractivity (Wildman–Crippen MR) is 270 cm³/mol. The van der Waals surface area contributed by atoms with E-state index in [-0.39, 0.29) is 17.9 Å². The molecule has 16 nitrogen and oxygen atoms in total. The van der Waals surface area contributed by atoms with Crippen LogP contribution in [-0.2, 0) is 9.09 Å². The Hall–Kier alpha value is -1.31. The minimum Gasteiger partial charge on any atom is -0.390 e. The van der Waals surface area contributed by atoms with E-state index in [4.69, 9.17) is 26.0 Å². The molecule has 0 spiro atoms. The molecule has 0 amide bonds. The van der Waals surface area contributed by atoms with E-state index in [1.165, 1.54) is 58.7 Å². The van der Waals surface area contributed by atoms with Gasteiger partial charge in [0, 0.05) is 120 Å². The van der Waals surface area contributed by atoms with Crippen LogP contribution in [0.4, 0.5) is 0 Å². The molecule has 0 aromatic heterocycles. The van der Waals surface area contributed by atoms with Crippen molar-refractivity contribution in [3.05, 3.63) is 0 Å². The number of aliphatic hydroxyl groups excluding tert-OH is 2. The summed E-state index contributed by atoms with van der Waals surface area (Å²) in [5, 5.41) is 35.9. The zero-order valence-corrected chi connectivity index (χ0v) is 45.5. The first kappa shape index (κ1) is 62.7. The SMILES string of the molecule is CC(C)N1CC(OP(=O)(O)O)C1.CC(C)N1CCC1.CC(C)N1CC[C@H](N)C1.CC(C)N1C[C@@H](C#N)[C@@H](O)C1.CC(C)N1C[C@@H](O)[C@@H](C#N)C1.CC1CN(C(C)C)C1.CC1CN(C(C)C)C1. The Kier molecular flexibility index (Phi) is 29.6. The van der Waals surface area contributed by atoms with Crippen molar-refractivity contribution >= 4 is 7.82 Å². The number of nitriles is 2. The third-order valence-electron chi connectivity index (χ3n) is 13.6. The van der Waals surface area contributed by atoms with E-state index >= 15 is 0 Å². The lowest BCUT2D eigenvalue weighted by Crippen LogP contribution is -2.54. The van der Waals surface area contributed by atoms with Crippen LogP contribution in [0.15, 0.2) is 0 Å². The van der Waals surface area contributed by atoms with E-state index in [9.17, 15) is 14.8 Å². The molecule has 0 aliphatic carbocycles. The molecule has 7 rings (SSSR count). The zero-order chi connectivity index (χ0) is 50.6. The Bertz CT molecular complexity index is 1360. The van der Waals surface area contributed by atoms with Gasteiger partial charge in [0.1, 0.15) is 0 Å². The Morgan fingerprint density at radius 1 is 0.500 bits per heavy atom. The molecule has 0 aromatic carbocycles. The predicted octanol–water partition coefficient (Wildman–Crippen LogP) is 4.83. The summed E-state index contributed by atoms with van der Waals surface area (Å²) in [6.07, 6.45) is 1.41. The van der Waals surface area contributed by atoms with Gasteiger partial charge in [0.15, 0.2) is 0 Å². The van der Waals surface area contributed by atoms with Crippen molar-refractivity contribution in [3.63, 3.8) is 0 Å². The Balaban J connectivity index is 0.000000388. The summed E-state index contributed by atoms with van der Waals surface area (Å²) in [6.45, 7) is 49.1. The van der Waals surface area contributed by atoms with Gasteiger partial charge in [-0.2, -0.15) is 10.5 Å². The summed E-state index contributed by atoms with van der Waals surface area (Å²) in [6, 6.07) is 8.94. The minimum atomic E-state index is -4.27. The van der Waals surface area contributed by atoms with Crippen molar-refractivity contribution < 1.29 is 29.1 Å². The molecule has 17 heteroatoms. The first-order chi connectivity index (χ1) is 30.6. The van der Waals surface area contributed by atoms with E-state index in [0.29, 0.717) is 56.4 Å². The number of β-amino-alcohol motifs (C(OH)–C–C–N with tert-alkyl or cyclic N) is 2. The number of hydrogen-bond donors (Lipinski definition) is 5. The lowest BCUT2D eigenvalue weighted by atomic mass is 10.0. The van der Waals surface area contributed by atoms with Gasteiger partial charge in [-0.25, -0.2) is 4.57 Å². The van der Waals surface area contributed by atoms with Gasteiger partial charge in [0.25, 0.3) is 0 Å². The lowest BCUT2D eigenvalue weighted by Gasteiger charge is -2.41. The smallest absolute Gasteiger partial charge is 0.390 e. The van der Waals surface area contributed by atoms with Crippen LogP contribution in [-0.4, -0.2) is 213 Å². The monoisotopic (exact) mass is 957 g/mol. The van der Waals surface area contributed by atoms with E-state index in [1.807, 2.05) is 13.8 Å². The van der Waals surface area contributed by atoms with Crippen LogP contribution in [0.3, 0.4) is 0 Å². The number of hydrogen-bond acceptors (Lipinski definition) is 14. The van der Waals surface area contributed by atoms with Crippen LogP contribution >= 0.6 is 7.82 Å². The molecule has 388 valence electrons. The van der Waals surface area contributed by atoms with Crippen molar-refractivity contribution in [1.82, 2.24) is 34.3 Å².